The van der Waals surface area contributed by atoms with Crippen LogP contribution in [-0.2, 0) is 22.4 Å². The van der Waals surface area contributed by atoms with Crippen LogP contribution in [0.5, 0.6) is 0 Å². The molecule has 2 aliphatic rings. The lowest BCUT2D eigenvalue weighted by molar-refractivity contribution is -0.118. The number of ether oxygens (including phenoxy) is 1. The molecule has 0 N–H and O–H groups in total. The summed E-state index contributed by atoms with van der Waals surface area (Å²) in [6, 6.07) is 6.44. The van der Waals surface area contributed by atoms with Crippen molar-refractivity contribution in [3.8, 4) is 0 Å². The van der Waals surface area contributed by atoms with Crippen molar-refractivity contribution in [2.75, 3.05) is 42.6 Å². The maximum absolute atomic E-state index is 13.5. The van der Waals surface area contributed by atoms with Gasteiger partial charge in [-0.15, -0.1) is 0 Å². The van der Waals surface area contributed by atoms with Gasteiger partial charge in [-0.3, -0.25) is 4.79 Å². The number of amides is 1. The molecule has 7 heteroatoms. The predicted octanol–water partition coefficient (Wildman–Crippen LogP) is 1.58. The topological polar surface area (TPSA) is 58.6 Å². The van der Waals surface area contributed by atoms with E-state index < -0.39 is 0 Å². The summed E-state index contributed by atoms with van der Waals surface area (Å²) in [5.41, 5.74) is 1.66. The molecule has 2 aliphatic heterocycles. The normalized spacial score (nSPS) is 16.8. The van der Waals surface area contributed by atoms with Crippen LogP contribution < -0.4 is 9.80 Å². The SMILES string of the molecule is O=C(Cc1nccc(N2CCOCC2)n1)N1CCc2ccc(F)cc21. The molecule has 2 aromatic rings. The third-order valence-corrected chi connectivity index (χ3v) is 4.58. The van der Waals surface area contributed by atoms with Crippen LogP contribution in [0, 0.1) is 5.82 Å². The van der Waals surface area contributed by atoms with Gasteiger partial charge in [-0.25, -0.2) is 14.4 Å². The summed E-state index contributed by atoms with van der Waals surface area (Å²) < 4.78 is 18.9. The summed E-state index contributed by atoms with van der Waals surface area (Å²) in [7, 11) is 0. The second kappa shape index (κ2) is 6.76. The number of hydrogen-bond donors (Lipinski definition) is 0. The van der Waals surface area contributed by atoms with Crippen LogP contribution >= 0.6 is 0 Å². The number of aromatic nitrogens is 2. The highest BCUT2D eigenvalue weighted by molar-refractivity contribution is 5.96. The van der Waals surface area contributed by atoms with Crippen LogP contribution in [0.25, 0.3) is 0 Å². The average molecular weight is 342 g/mol. The van der Waals surface area contributed by atoms with Crippen molar-refractivity contribution in [2.24, 2.45) is 0 Å². The van der Waals surface area contributed by atoms with Crippen LogP contribution in [0.3, 0.4) is 0 Å². The van der Waals surface area contributed by atoms with Gasteiger partial charge >= 0.3 is 0 Å². The second-order valence-corrected chi connectivity index (χ2v) is 6.18. The molecule has 1 saturated heterocycles. The number of fused-ring (bicyclic) bond motifs is 1. The van der Waals surface area contributed by atoms with E-state index in [0.717, 1.165) is 30.9 Å². The Labute approximate surface area is 145 Å². The summed E-state index contributed by atoms with van der Waals surface area (Å²) in [5.74, 6) is 0.861. The number of nitrogens with zero attached hydrogens (tertiary/aromatic N) is 4. The average Bonchev–Trinajstić information content (AvgIpc) is 3.06. The van der Waals surface area contributed by atoms with Gasteiger partial charge in [-0.05, 0) is 30.2 Å². The Morgan fingerprint density at radius 3 is 2.88 bits per heavy atom. The van der Waals surface area contributed by atoms with Crippen molar-refractivity contribution in [3.63, 3.8) is 0 Å². The van der Waals surface area contributed by atoms with Crippen LogP contribution in [0.2, 0.25) is 0 Å². The molecule has 4 rings (SSSR count). The standard InChI is InChI=1S/C18H19FN4O2/c19-14-2-1-13-4-6-23(15(13)11-14)18(24)12-16-20-5-3-17(21-16)22-7-9-25-10-8-22/h1-3,5,11H,4,6-10,12H2. The lowest BCUT2D eigenvalue weighted by Crippen LogP contribution is -2.37. The zero-order valence-electron chi connectivity index (χ0n) is 13.8. The smallest absolute Gasteiger partial charge is 0.234 e. The van der Waals surface area contributed by atoms with Gasteiger partial charge in [0, 0.05) is 31.5 Å². The van der Waals surface area contributed by atoms with E-state index in [4.69, 9.17) is 4.74 Å². The van der Waals surface area contributed by atoms with Gasteiger partial charge in [0.05, 0.1) is 19.6 Å². The van der Waals surface area contributed by atoms with Gasteiger partial charge in [-0.2, -0.15) is 0 Å². The number of anilines is 2. The maximum atomic E-state index is 13.5. The van der Waals surface area contributed by atoms with E-state index in [9.17, 15) is 9.18 Å². The minimum atomic E-state index is -0.330. The van der Waals surface area contributed by atoms with Crippen LogP contribution in [0.4, 0.5) is 15.9 Å². The number of halogens is 1. The lowest BCUT2D eigenvalue weighted by atomic mass is 10.1. The van der Waals surface area contributed by atoms with E-state index in [-0.39, 0.29) is 18.1 Å². The molecule has 6 nitrogen and oxygen atoms in total. The van der Waals surface area contributed by atoms with Gasteiger partial charge in [0.2, 0.25) is 5.91 Å². The molecule has 0 atom stereocenters. The predicted molar refractivity (Wildman–Crippen MR) is 91.2 cm³/mol. The Kier molecular flexibility index (Phi) is 4.31. The minimum Gasteiger partial charge on any atom is -0.378 e. The largest absolute Gasteiger partial charge is 0.378 e. The summed E-state index contributed by atoms with van der Waals surface area (Å²) in [6.07, 6.45) is 2.53. The van der Waals surface area contributed by atoms with E-state index >= 15 is 0 Å². The lowest BCUT2D eigenvalue weighted by Gasteiger charge is -2.27. The third-order valence-electron chi connectivity index (χ3n) is 4.58. The number of carbonyl (C=O) groups is 1. The van der Waals surface area contributed by atoms with Crippen molar-refractivity contribution in [1.29, 1.82) is 0 Å². The van der Waals surface area contributed by atoms with Gasteiger partial charge in [0.15, 0.2) is 0 Å². The fourth-order valence-corrected chi connectivity index (χ4v) is 3.28. The Morgan fingerprint density at radius 1 is 1.20 bits per heavy atom. The Balaban J connectivity index is 1.49. The van der Waals surface area contributed by atoms with Gasteiger partial charge in [0.25, 0.3) is 0 Å². The molecule has 1 amide bonds. The number of morpholine rings is 1. The molecular weight excluding hydrogens is 323 g/mol. The Morgan fingerprint density at radius 2 is 2.04 bits per heavy atom. The summed E-state index contributed by atoms with van der Waals surface area (Å²) in [4.78, 5) is 25.2. The van der Waals surface area contributed by atoms with Gasteiger partial charge in [-0.1, -0.05) is 6.07 Å². The monoisotopic (exact) mass is 342 g/mol. The first-order valence-electron chi connectivity index (χ1n) is 8.44. The van der Waals surface area contributed by atoms with Crippen LogP contribution in [0.15, 0.2) is 30.5 Å². The maximum Gasteiger partial charge on any atom is 0.234 e. The molecule has 0 saturated carbocycles. The van der Waals surface area contributed by atoms with Crippen LogP contribution in [-0.4, -0.2) is 48.7 Å². The molecule has 1 aromatic carbocycles. The van der Waals surface area contributed by atoms with Crippen LogP contribution in [0.1, 0.15) is 11.4 Å². The molecule has 1 aromatic heterocycles. The van der Waals surface area contributed by atoms with E-state index in [1.54, 1.807) is 17.2 Å². The second-order valence-electron chi connectivity index (χ2n) is 6.18. The number of carbonyl (C=O) groups excluding carboxylic acids is 1. The van der Waals surface area contributed by atoms with Crippen molar-refractivity contribution in [2.45, 2.75) is 12.8 Å². The highest BCUT2D eigenvalue weighted by Gasteiger charge is 2.26. The highest BCUT2D eigenvalue weighted by atomic mass is 19.1. The molecule has 130 valence electrons. The molecule has 0 unspecified atom stereocenters. The first-order chi connectivity index (χ1) is 12.2. The molecular formula is C18H19FN4O2. The minimum absolute atomic E-state index is 0.105. The first-order valence-corrected chi connectivity index (χ1v) is 8.44. The van der Waals surface area contributed by atoms with Gasteiger partial charge in [0.1, 0.15) is 17.5 Å². The molecule has 0 radical (unpaired) electrons. The van der Waals surface area contributed by atoms with E-state index in [1.807, 2.05) is 6.07 Å². The third kappa shape index (κ3) is 3.32. The zero-order chi connectivity index (χ0) is 17.2. The first kappa shape index (κ1) is 16.0. The molecule has 0 bridgehead atoms. The number of rotatable bonds is 3. The van der Waals surface area contributed by atoms with Crippen molar-refractivity contribution in [3.05, 3.63) is 47.7 Å². The zero-order valence-corrected chi connectivity index (χ0v) is 13.8. The summed E-state index contributed by atoms with van der Waals surface area (Å²) >= 11 is 0. The Bertz CT molecular complexity index is 792. The van der Waals surface area contributed by atoms with Crippen molar-refractivity contribution < 1.29 is 13.9 Å². The number of benzene rings is 1. The molecule has 0 aliphatic carbocycles. The van der Waals surface area contributed by atoms with E-state index in [2.05, 4.69) is 14.9 Å². The van der Waals surface area contributed by atoms with E-state index in [0.29, 0.717) is 31.3 Å². The highest BCUT2D eigenvalue weighted by Crippen LogP contribution is 2.29. The Hall–Kier alpha value is -2.54. The molecule has 25 heavy (non-hydrogen) atoms. The van der Waals surface area contributed by atoms with Gasteiger partial charge < -0.3 is 14.5 Å². The van der Waals surface area contributed by atoms with Crippen molar-refractivity contribution >= 4 is 17.4 Å². The quantitative estimate of drug-likeness (QED) is 0.848. The molecule has 3 heterocycles. The fourth-order valence-electron chi connectivity index (χ4n) is 3.28. The number of hydrogen-bond acceptors (Lipinski definition) is 5. The molecule has 0 spiro atoms. The molecule has 1 fully saturated rings. The summed E-state index contributed by atoms with van der Waals surface area (Å²) in [6.45, 7) is 3.48. The van der Waals surface area contributed by atoms with E-state index in [1.165, 1.54) is 12.1 Å². The fraction of sp³-hybridized carbons (Fsp3) is 0.389. The summed E-state index contributed by atoms with van der Waals surface area (Å²) in [5, 5.41) is 0. The van der Waals surface area contributed by atoms with Crippen molar-refractivity contribution in [1.82, 2.24) is 9.97 Å².